The summed E-state index contributed by atoms with van der Waals surface area (Å²) in [5.41, 5.74) is 1.73. The molecular weight excluding hydrogens is 380 g/mol. The van der Waals surface area contributed by atoms with Crippen LogP contribution in [-0.2, 0) is 15.8 Å². The molecule has 2 aromatic carbocycles. The number of ether oxygens (including phenoxy) is 2. The third-order valence-electron chi connectivity index (χ3n) is 4.90. The van der Waals surface area contributed by atoms with E-state index in [2.05, 4.69) is 5.32 Å². The molecule has 0 atom stereocenters. The molecule has 7 nitrogen and oxygen atoms in total. The summed E-state index contributed by atoms with van der Waals surface area (Å²) in [7, 11) is -3.32. The van der Waals surface area contributed by atoms with E-state index in [9.17, 15) is 13.2 Å². The van der Waals surface area contributed by atoms with Crippen LogP contribution in [0, 0.1) is 0 Å². The van der Waals surface area contributed by atoms with Crippen LogP contribution in [0.2, 0.25) is 0 Å². The van der Waals surface area contributed by atoms with Crippen molar-refractivity contribution in [1.82, 2.24) is 4.31 Å². The maximum absolute atomic E-state index is 12.5. The molecule has 2 aliphatic rings. The minimum atomic E-state index is -3.32. The maximum atomic E-state index is 12.5. The molecule has 1 fully saturated rings. The van der Waals surface area contributed by atoms with E-state index in [4.69, 9.17) is 9.47 Å². The molecule has 0 bridgehead atoms. The number of carbonyl (C=O) groups excluding carboxylic acids is 1. The molecule has 0 spiro atoms. The average Bonchev–Trinajstić information content (AvgIpc) is 3.17. The summed E-state index contributed by atoms with van der Waals surface area (Å²) in [5, 5.41) is 2.81. The zero-order valence-electron chi connectivity index (χ0n) is 15.4. The lowest BCUT2D eigenvalue weighted by molar-refractivity contribution is 0.102. The van der Waals surface area contributed by atoms with E-state index in [0.29, 0.717) is 41.4 Å². The highest BCUT2D eigenvalue weighted by atomic mass is 32.2. The minimum absolute atomic E-state index is 0.0446. The van der Waals surface area contributed by atoms with E-state index in [1.54, 1.807) is 46.8 Å². The van der Waals surface area contributed by atoms with Crippen molar-refractivity contribution in [1.29, 1.82) is 0 Å². The molecule has 148 valence electrons. The van der Waals surface area contributed by atoms with E-state index in [1.807, 2.05) is 0 Å². The lowest BCUT2D eigenvalue weighted by Gasteiger charge is -2.25. The Hall–Kier alpha value is -2.58. The number of nitrogens with zero attached hydrogens (tertiary/aromatic N) is 1. The number of hydrogen-bond acceptors (Lipinski definition) is 5. The summed E-state index contributed by atoms with van der Waals surface area (Å²) in [6.07, 6.45) is 2.91. The van der Waals surface area contributed by atoms with Crippen LogP contribution >= 0.6 is 0 Å². The van der Waals surface area contributed by atoms with Crippen LogP contribution in [0.5, 0.6) is 11.5 Å². The Kier molecular flexibility index (Phi) is 5.23. The molecule has 0 unspecified atom stereocenters. The summed E-state index contributed by atoms with van der Waals surface area (Å²) >= 11 is 0. The molecule has 4 rings (SSSR count). The van der Waals surface area contributed by atoms with Gasteiger partial charge in [0.15, 0.2) is 11.5 Å². The predicted octanol–water partition coefficient (Wildman–Crippen LogP) is 2.98. The smallest absolute Gasteiger partial charge is 0.255 e. The van der Waals surface area contributed by atoms with Crippen LogP contribution in [-0.4, -0.2) is 38.5 Å². The molecule has 28 heavy (non-hydrogen) atoms. The molecule has 1 N–H and O–H groups in total. The average molecular weight is 402 g/mol. The number of sulfonamides is 1. The molecule has 0 saturated carbocycles. The number of rotatable bonds is 5. The van der Waals surface area contributed by atoms with Crippen molar-refractivity contribution >= 4 is 21.6 Å². The second-order valence-corrected chi connectivity index (χ2v) is 8.90. The molecule has 2 heterocycles. The fraction of sp³-hybridized carbons (Fsp3) is 0.350. The summed E-state index contributed by atoms with van der Waals surface area (Å²) in [5.74, 6) is 0.925. The van der Waals surface area contributed by atoms with Gasteiger partial charge in [-0.05, 0) is 42.7 Å². The first kappa shape index (κ1) is 18.8. The first-order chi connectivity index (χ1) is 13.5. The van der Waals surface area contributed by atoms with Crippen molar-refractivity contribution in [3.63, 3.8) is 0 Å². The van der Waals surface area contributed by atoms with Crippen LogP contribution in [0.25, 0.3) is 0 Å². The molecule has 0 radical (unpaired) electrons. The van der Waals surface area contributed by atoms with Gasteiger partial charge in [0.25, 0.3) is 5.91 Å². The Bertz CT molecular complexity index is 967. The van der Waals surface area contributed by atoms with Gasteiger partial charge in [-0.15, -0.1) is 0 Å². The van der Waals surface area contributed by atoms with Gasteiger partial charge in [0, 0.05) is 30.4 Å². The van der Waals surface area contributed by atoms with Gasteiger partial charge < -0.3 is 14.8 Å². The van der Waals surface area contributed by atoms with Crippen molar-refractivity contribution < 1.29 is 22.7 Å². The summed E-state index contributed by atoms with van der Waals surface area (Å²) in [4.78, 5) is 12.4. The number of hydrogen-bond donors (Lipinski definition) is 1. The van der Waals surface area contributed by atoms with Crippen LogP contribution in [0.4, 0.5) is 5.69 Å². The summed E-state index contributed by atoms with van der Waals surface area (Å²) in [6, 6.07) is 11.9. The molecule has 2 aliphatic heterocycles. The lowest BCUT2D eigenvalue weighted by atomic mass is 10.1. The van der Waals surface area contributed by atoms with Crippen molar-refractivity contribution in [2.24, 2.45) is 0 Å². The second-order valence-electron chi connectivity index (χ2n) is 6.94. The van der Waals surface area contributed by atoms with Gasteiger partial charge in [-0.2, -0.15) is 0 Å². The Labute approximate surface area is 164 Å². The van der Waals surface area contributed by atoms with Crippen LogP contribution in [0.1, 0.15) is 35.2 Å². The minimum Gasteiger partial charge on any atom is -0.454 e. The number of amides is 1. The van der Waals surface area contributed by atoms with Gasteiger partial charge in [-0.1, -0.05) is 18.6 Å². The van der Waals surface area contributed by atoms with Crippen LogP contribution < -0.4 is 14.8 Å². The SMILES string of the molecule is O=C(Nc1ccc2c(c1)OCO2)c1ccc(CS(=O)(=O)N2CCCCC2)cc1. The topological polar surface area (TPSA) is 84.9 Å². The fourth-order valence-electron chi connectivity index (χ4n) is 3.37. The van der Waals surface area contributed by atoms with Gasteiger partial charge in [-0.25, -0.2) is 12.7 Å². The first-order valence-electron chi connectivity index (χ1n) is 9.29. The van der Waals surface area contributed by atoms with Crippen LogP contribution in [0.3, 0.4) is 0 Å². The van der Waals surface area contributed by atoms with Crippen molar-refractivity contribution in [2.45, 2.75) is 25.0 Å². The fourth-order valence-corrected chi connectivity index (χ4v) is 4.99. The van der Waals surface area contributed by atoms with Gasteiger partial charge in [0.1, 0.15) is 0 Å². The van der Waals surface area contributed by atoms with Gasteiger partial charge >= 0.3 is 0 Å². The van der Waals surface area contributed by atoms with Crippen molar-refractivity contribution in [3.05, 3.63) is 53.6 Å². The predicted molar refractivity (Wildman–Crippen MR) is 105 cm³/mol. The van der Waals surface area contributed by atoms with Crippen molar-refractivity contribution in [3.8, 4) is 11.5 Å². The Morgan fingerprint density at radius 1 is 0.964 bits per heavy atom. The highest BCUT2D eigenvalue weighted by molar-refractivity contribution is 7.88. The summed E-state index contributed by atoms with van der Waals surface area (Å²) in [6.45, 7) is 1.37. The van der Waals surface area contributed by atoms with Gasteiger partial charge in [0.2, 0.25) is 16.8 Å². The number of carbonyl (C=O) groups is 1. The van der Waals surface area contributed by atoms with E-state index in [-0.39, 0.29) is 18.5 Å². The van der Waals surface area contributed by atoms with Crippen LogP contribution in [0.15, 0.2) is 42.5 Å². The third kappa shape index (κ3) is 4.13. The molecule has 0 aromatic heterocycles. The normalized spacial score (nSPS) is 16.7. The molecule has 8 heteroatoms. The van der Waals surface area contributed by atoms with Crippen molar-refractivity contribution in [2.75, 3.05) is 25.2 Å². The zero-order valence-corrected chi connectivity index (χ0v) is 16.2. The van der Waals surface area contributed by atoms with Gasteiger partial charge in [0.05, 0.1) is 5.75 Å². The maximum Gasteiger partial charge on any atom is 0.255 e. The highest BCUT2D eigenvalue weighted by Gasteiger charge is 2.24. The number of nitrogens with one attached hydrogen (secondary N) is 1. The standard InChI is InChI=1S/C20H22N2O5S/c23-20(21-17-8-9-18-19(12-17)27-14-26-18)16-6-4-15(5-7-16)13-28(24,25)22-10-2-1-3-11-22/h4-9,12H,1-3,10-11,13-14H2,(H,21,23). The number of benzene rings is 2. The van der Waals surface area contributed by atoms with E-state index >= 15 is 0 Å². The summed E-state index contributed by atoms with van der Waals surface area (Å²) < 4.78 is 37.2. The largest absolute Gasteiger partial charge is 0.454 e. The number of anilines is 1. The van der Waals surface area contributed by atoms with E-state index < -0.39 is 10.0 Å². The number of fused-ring (bicyclic) bond motifs is 1. The number of piperidine rings is 1. The Morgan fingerprint density at radius 2 is 1.68 bits per heavy atom. The van der Waals surface area contributed by atoms with Gasteiger partial charge in [-0.3, -0.25) is 4.79 Å². The molecular formula is C20H22N2O5S. The Morgan fingerprint density at radius 3 is 2.43 bits per heavy atom. The highest BCUT2D eigenvalue weighted by Crippen LogP contribution is 2.34. The Balaban J connectivity index is 1.40. The first-order valence-corrected chi connectivity index (χ1v) is 10.9. The molecule has 2 aromatic rings. The molecule has 1 saturated heterocycles. The van der Waals surface area contributed by atoms with E-state index in [0.717, 1.165) is 19.3 Å². The molecule has 1 amide bonds. The second kappa shape index (κ2) is 7.81. The monoisotopic (exact) mass is 402 g/mol. The zero-order chi connectivity index (χ0) is 19.6. The lowest BCUT2D eigenvalue weighted by Crippen LogP contribution is -2.36. The third-order valence-corrected chi connectivity index (χ3v) is 6.75. The molecule has 0 aliphatic carbocycles. The quantitative estimate of drug-likeness (QED) is 0.831. The van der Waals surface area contributed by atoms with E-state index in [1.165, 1.54) is 0 Å².